The smallest absolute Gasteiger partial charge is 0.0958 e. The molecular formula is C16H19NO2S. The Kier molecular flexibility index (Phi) is 4.45. The van der Waals surface area contributed by atoms with Gasteiger partial charge in [-0.2, -0.15) is 0 Å². The first kappa shape index (κ1) is 13.7. The predicted octanol–water partition coefficient (Wildman–Crippen LogP) is 3.28. The van der Waals surface area contributed by atoms with Crippen LogP contribution in [0, 0.1) is 0 Å². The zero-order chi connectivity index (χ0) is 13.8. The predicted molar refractivity (Wildman–Crippen MR) is 80.9 cm³/mol. The van der Waals surface area contributed by atoms with Gasteiger partial charge in [-0.15, -0.1) is 11.3 Å². The Labute approximate surface area is 123 Å². The van der Waals surface area contributed by atoms with Crippen molar-refractivity contribution in [1.29, 1.82) is 0 Å². The van der Waals surface area contributed by atoms with E-state index in [1.54, 1.807) is 11.3 Å². The zero-order valence-electron chi connectivity index (χ0n) is 11.4. The minimum Gasteiger partial charge on any atom is -0.393 e. The molecule has 0 amide bonds. The van der Waals surface area contributed by atoms with Gasteiger partial charge in [-0.25, -0.2) is 4.98 Å². The average molecular weight is 289 g/mol. The number of hydrogen-bond donors (Lipinski definition) is 1. The second-order valence-electron chi connectivity index (χ2n) is 5.22. The van der Waals surface area contributed by atoms with Gasteiger partial charge >= 0.3 is 0 Å². The molecule has 2 atom stereocenters. The summed E-state index contributed by atoms with van der Waals surface area (Å²) in [4.78, 5) is 4.61. The summed E-state index contributed by atoms with van der Waals surface area (Å²) in [5, 5.41) is 13.2. The lowest BCUT2D eigenvalue weighted by Gasteiger charge is -2.13. The van der Waals surface area contributed by atoms with Gasteiger partial charge in [-0.05, 0) is 19.3 Å². The number of nitrogens with zero attached hydrogens (tertiary/aromatic N) is 1. The van der Waals surface area contributed by atoms with Crippen LogP contribution in [-0.2, 0) is 11.2 Å². The number of hydrogen-bond acceptors (Lipinski definition) is 4. The SMILES string of the molecule is OC(Cc1nc(-c2ccccc2)cs1)CC1CCCO1. The third-order valence-electron chi connectivity index (χ3n) is 3.59. The fraction of sp³-hybridized carbons (Fsp3) is 0.438. The van der Waals surface area contributed by atoms with E-state index in [1.165, 1.54) is 0 Å². The van der Waals surface area contributed by atoms with E-state index < -0.39 is 0 Å². The zero-order valence-corrected chi connectivity index (χ0v) is 12.2. The number of ether oxygens (including phenoxy) is 1. The van der Waals surface area contributed by atoms with E-state index in [-0.39, 0.29) is 12.2 Å². The highest BCUT2D eigenvalue weighted by atomic mass is 32.1. The molecule has 1 aliphatic heterocycles. The molecule has 0 aliphatic carbocycles. The Morgan fingerprint density at radius 2 is 2.20 bits per heavy atom. The van der Waals surface area contributed by atoms with Crippen LogP contribution in [0.15, 0.2) is 35.7 Å². The van der Waals surface area contributed by atoms with E-state index >= 15 is 0 Å². The lowest BCUT2D eigenvalue weighted by atomic mass is 10.1. The highest BCUT2D eigenvalue weighted by Crippen LogP contribution is 2.24. The molecule has 2 aromatic rings. The van der Waals surface area contributed by atoms with Crippen molar-refractivity contribution >= 4 is 11.3 Å². The van der Waals surface area contributed by atoms with Crippen molar-refractivity contribution in [2.45, 2.75) is 37.9 Å². The van der Waals surface area contributed by atoms with Gasteiger partial charge in [0.2, 0.25) is 0 Å². The number of thiazole rings is 1. The summed E-state index contributed by atoms with van der Waals surface area (Å²) in [7, 11) is 0. The van der Waals surface area contributed by atoms with Crippen molar-refractivity contribution in [3.05, 3.63) is 40.7 Å². The van der Waals surface area contributed by atoms with Gasteiger partial charge in [0, 0.05) is 24.0 Å². The minimum atomic E-state index is -0.354. The minimum absolute atomic E-state index is 0.235. The molecule has 1 N–H and O–H groups in total. The summed E-state index contributed by atoms with van der Waals surface area (Å²) in [5.41, 5.74) is 2.12. The third-order valence-corrected chi connectivity index (χ3v) is 4.46. The van der Waals surface area contributed by atoms with Crippen LogP contribution in [0.4, 0.5) is 0 Å². The molecule has 1 fully saturated rings. The quantitative estimate of drug-likeness (QED) is 0.918. The average Bonchev–Trinajstić information content (AvgIpc) is 3.11. The van der Waals surface area contributed by atoms with E-state index in [0.29, 0.717) is 6.42 Å². The van der Waals surface area contributed by atoms with Crippen LogP contribution in [-0.4, -0.2) is 28.9 Å². The van der Waals surface area contributed by atoms with E-state index in [4.69, 9.17) is 4.74 Å². The molecule has 0 spiro atoms. The van der Waals surface area contributed by atoms with Crippen LogP contribution in [0.3, 0.4) is 0 Å². The maximum absolute atomic E-state index is 10.1. The van der Waals surface area contributed by atoms with E-state index in [9.17, 15) is 5.11 Å². The molecule has 1 saturated heterocycles. The van der Waals surface area contributed by atoms with Gasteiger partial charge in [0.25, 0.3) is 0 Å². The van der Waals surface area contributed by atoms with Gasteiger partial charge in [0.15, 0.2) is 0 Å². The van der Waals surface area contributed by atoms with Gasteiger partial charge in [0.05, 0.1) is 22.9 Å². The van der Waals surface area contributed by atoms with Crippen LogP contribution in [0.1, 0.15) is 24.3 Å². The molecule has 4 heteroatoms. The first-order chi connectivity index (χ1) is 9.81. The summed E-state index contributed by atoms with van der Waals surface area (Å²) in [6.07, 6.45) is 3.42. The largest absolute Gasteiger partial charge is 0.393 e. The number of aromatic nitrogens is 1. The number of aliphatic hydroxyl groups is 1. The van der Waals surface area contributed by atoms with Crippen molar-refractivity contribution in [1.82, 2.24) is 4.98 Å². The highest BCUT2D eigenvalue weighted by Gasteiger charge is 2.20. The molecular weight excluding hydrogens is 270 g/mol. The number of rotatable bonds is 5. The van der Waals surface area contributed by atoms with Crippen LogP contribution in [0.5, 0.6) is 0 Å². The van der Waals surface area contributed by atoms with Crippen LogP contribution in [0.2, 0.25) is 0 Å². The summed E-state index contributed by atoms with van der Waals surface area (Å²) in [6, 6.07) is 10.1. The summed E-state index contributed by atoms with van der Waals surface area (Å²) in [6.45, 7) is 0.840. The Hall–Kier alpha value is -1.23. The molecule has 1 aliphatic rings. The van der Waals surface area contributed by atoms with Gasteiger partial charge in [-0.3, -0.25) is 0 Å². The molecule has 0 radical (unpaired) electrons. The number of aliphatic hydroxyl groups excluding tert-OH is 1. The monoisotopic (exact) mass is 289 g/mol. The second kappa shape index (κ2) is 6.48. The van der Waals surface area contributed by atoms with Gasteiger partial charge < -0.3 is 9.84 Å². The fourth-order valence-electron chi connectivity index (χ4n) is 2.56. The molecule has 3 rings (SSSR count). The molecule has 0 saturated carbocycles. The Balaban J connectivity index is 1.59. The fourth-order valence-corrected chi connectivity index (χ4v) is 3.44. The normalized spacial score (nSPS) is 20.1. The first-order valence-electron chi connectivity index (χ1n) is 7.11. The van der Waals surface area contributed by atoms with Gasteiger partial charge in [-0.1, -0.05) is 30.3 Å². The Morgan fingerprint density at radius 1 is 1.35 bits per heavy atom. The van der Waals surface area contributed by atoms with Crippen molar-refractivity contribution in [2.75, 3.05) is 6.61 Å². The van der Waals surface area contributed by atoms with Crippen LogP contribution in [0.25, 0.3) is 11.3 Å². The topological polar surface area (TPSA) is 42.4 Å². The summed E-state index contributed by atoms with van der Waals surface area (Å²) < 4.78 is 5.56. The van der Waals surface area contributed by atoms with Crippen molar-refractivity contribution in [3.63, 3.8) is 0 Å². The van der Waals surface area contributed by atoms with Crippen molar-refractivity contribution < 1.29 is 9.84 Å². The summed E-state index contributed by atoms with van der Waals surface area (Å²) in [5.74, 6) is 0. The molecule has 3 nitrogen and oxygen atoms in total. The first-order valence-corrected chi connectivity index (χ1v) is 7.99. The van der Waals surface area contributed by atoms with E-state index in [0.717, 1.165) is 42.1 Å². The maximum atomic E-state index is 10.1. The highest BCUT2D eigenvalue weighted by molar-refractivity contribution is 7.09. The van der Waals surface area contributed by atoms with Crippen molar-refractivity contribution in [2.24, 2.45) is 0 Å². The van der Waals surface area contributed by atoms with Crippen molar-refractivity contribution in [3.8, 4) is 11.3 Å². The van der Waals surface area contributed by atoms with E-state index in [2.05, 4.69) is 22.5 Å². The van der Waals surface area contributed by atoms with Gasteiger partial charge in [0.1, 0.15) is 0 Å². The molecule has 0 bridgehead atoms. The lowest BCUT2D eigenvalue weighted by molar-refractivity contribution is 0.0541. The number of benzene rings is 1. The Morgan fingerprint density at radius 3 is 2.95 bits per heavy atom. The maximum Gasteiger partial charge on any atom is 0.0958 e. The lowest BCUT2D eigenvalue weighted by Crippen LogP contribution is -2.19. The molecule has 106 valence electrons. The second-order valence-corrected chi connectivity index (χ2v) is 6.16. The molecule has 2 unspecified atom stereocenters. The molecule has 1 aromatic heterocycles. The van der Waals surface area contributed by atoms with Crippen LogP contribution >= 0.6 is 11.3 Å². The molecule has 20 heavy (non-hydrogen) atoms. The summed E-state index contributed by atoms with van der Waals surface area (Å²) >= 11 is 1.62. The molecule has 2 heterocycles. The third kappa shape index (κ3) is 3.45. The van der Waals surface area contributed by atoms with E-state index in [1.807, 2.05) is 18.2 Å². The Bertz CT molecular complexity index is 534. The standard InChI is InChI=1S/C16H19NO2S/c18-13(9-14-7-4-8-19-14)10-16-17-15(11-20-16)12-5-2-1-3-6-12/h1-3,5-6,11,13-14,18H,4,7-10H2. The van der Waals surface area contributed by atoms with Crippen LogP contribution < -0.4 is 0 Å². The molecule has 1 aromatic carbocycles.